The summed E-state index contributed by atoms with van der Waals surface area (Å²) in [6, 6.07) is 8.73. The minimum Gasteiger partial charge on any atom is -0.466 e. The van der Waals surface area contributed by atoms with Crippen molar-refractivity contribution in [1.82, 2.24) is 4.90 Å². The summed E-state index contributed by atoms with van der Waals surface area (Å²) in [6.07, 6.45) is 12.9. The molecular weight excluding hydrogens is 336 g/mol. The van der Waals surface area contributed by atoms with Gasteiger partial charge in [-0.25, -0.2) is 4.79 Å². The standard InChI is InChI=1S/C23H24N2O2/c1-4-15-10-11-22(5-2)14-16(20(26)27-3)19-23(12-13-25(15)21(22)23)17-8-6-7-9-18(17)24-19/h1,6-11,15,21,24H,5,12-14H2,2-3H3. The average Bonchev–Trinajstić information content (AvgIpc) is 3.28. The van der Waals surface area contributed by atoms with E-state index >= 15 is 0 Å². The summed E-state index contributed by atoms with van der Waals surface area (Å²) < 4.78 is 5.20. The molecule has 5 rings (SSSR count). The van der Waals surface area contributed by atoms with Crippen molar-refractivity contribution >= 4 is 11.7 Å². The van der Waals surface area contributed by atoms with Crippen molar-refractivity contribution in [2.75, 3.05) is 19.0 Å². The minimum absolute atomic E-state index is 0.0164. The van der Waals surface area contributed by atoms with E-state index in [1.54, 1.807) is 0 Å². The van der Waals surface area contributed by atoms with Crippen LogP contribution in [0.4, 0.5) is 5.69 Å². The number of fused-ring (bicyclic) bond motifs is 1. The Morgan fingerprint density at radius 2 is 2.26 bits per heavy atom. The minimum atomic E-state index is -0.228. The largest absolute Gasteiger partial charge is 0.466 e. The number of benzene rings is 1. The predicted molar refractivity (Wildman–Crippen MR) is 105 cm³/mol. The summed E-state index contributed by atoms with van der Waals surface area (Å²) >= 11 is 0. The first-order valence-corrected chi connectivity index (χ1v) is 9.71. The molecule has 4 unspecified atom stereocenters. The number of nitrogens with zero attached hydrogens (tertiary/aromatic N) is 1. The number of esters is 1. The van der Waals surface area contributed by atoms with Crippen LogP contribution in [0.1, 0.15) is 31.7 Å². The van der Waals surface area contributed by atoms with Crippen molar-refractivity contribution in [3.8, 4) is 12.3 Å². The third kappa shape index (κ3) is 1.85. The summed E-state index contributed by atoms with van der Waals surface area (Å²) in [5, 5.41) is 3.60. The zero-order valence-electron chi connectivity index (χ0n) is 15.8. The van der Waals surface area contributed by atoms with Crippen LogP contribution < -0.4 is 5.32 Å². The summed E-state index contributed by atoms with van der Waals surface area (Å²) in [5.41, 5.74) is 3.88. The maximum Gasteiger partial charge on any atom is 0.335 e. The number of ether oxygens (including phenoxy) is 1. The highest BCUT2D eigenvalue weighted by molar-refractivity contribution is 5.93. The van der Waals surface area contributed by atoms with Crippen molar-refractivity contribution in [1.29, 1.82) is 0 Å². The second-order valence-corrected chi connectivity index (χ2v) is 8.11. The Bertz CT molecular complexity index is 940. The van der Waals surface area contributed by atoms with Crippen LogP contribution in [0.5, 0.6) is 0 Å². The van der Waals surface area contributed by atoms with Gasteiger partial charge in [-0.1, -0.05) is 43.2 Å². The fraction of sp³-hybridized carbons (Fsp3) is 0.435. The van der Waals surface area contributed by atoms with E-state index in [0.29, 0.717) is 6.42 Å². The van der Waals surface area contributed by atoms with Crippen LogP contribution in [0.25, 0.3) is 0 Å². The molecule has 1 spiro atoms. The van der Waals surface area contributed by atoms with Crippen LogP contribution in [0.15, 0.2) is 47.7 Å². The lowest BCUT2D eigenvalue weighted by molar-refractivity contribution is -0.137. The number of hydrogen-bond acceptors (Lipinski definition) is 4. The number of anilines is 1. The van der Waals surface area contributed by atoms with E-state index < -0.39 is 0 Å². The average molecular weight is 360 g/mol. The van der Waals surface area contributed by atoms with E-state index in [2.05, 4.69) is 53.4 Å². The number of terminal acetylenes is 1. The molecule has 1 aromatic carbocycles. The van der Waals surface area contributed by atoms with Crippen LogP contribution in [0.3, 0.4) is 0 Å². The molecule has 27 heavy (non-hydrogen) atoms. The van der Waals surface area contributed by atoms with E-state index in [1.807, 2.05) is 6.07 Å². The summed E-state index contributed by atoms with van der Waals surface area (Å²) in [6.45, 7) is 3.15. The van der Waals surface area contributed by atoms with Crippen LogP contribution in [0.2, 0.25) is 0 Å². The van der Waals surface area contributed by atoms with Gasteiger partial charge < -0.3 is 10.1 Å². The highest BCUT2D eigenvalue weighted by atomic mass is 16.5. The lowest BCUT2D eigenvalue weighted by atomic mass is 9.55. The van der Waals surface area contributed by atoms with Gasteiger partial charge in [-0.3, -0.25) is 4.90 Å². The molecule has 1 fully saturated rings. The Kier molecular flexibility index (Phi) is 3.39. The van der Waals surface area contributed by atoms with Gasteiger partial charge in [0.1, 0.15) is 0 Å². The highest BCUT2D eigenvalue weighted by Crippen LogP contribution is 2.64. The first-order chi connectivity index (χ1) is 13.1. The number of nitrogens with one attached hydrogen (secondary N) is 1. The van der Waals surface area contributed by atoms with Crippen LogP contribution >= 0.6 is 0 Å². The number of methoxy groups -OCH3 is 1. The Morgan fingerprint density at radius 3 is 3.00 bits per heavy atom. The molecule has 1 aliphatic carbocycles. The SMILES string of the molecule is C#CC1C=CC2(CC)CC(C(=O)OC)=C3Nc4ccccc4C34CCN1C24. The van der Waals surface area contributed by atoms with Crippen molar-refractivity contribution < 1.29 is 9.53 Å². The van der Waals surface area contributed by atoms with Gasteiger partial charge in [0.25, 0.3) is 0 Å². The predicted octanol–water partition coefficient (Wildman–Crippen LogP) is 3.22. The van der Waals surface area contributed by atoms with Gasteiger partial charge in [0.15, 0.2) is 0 Å². The Labute approximate surface area is 160 Å². The topological polar surface area (TPSA) is 41.6 Å². The molecule has 4 nitrogen and oxygen atoms in total. The van der Waals surface area contributed by atoms with Gasteiger partial charge >= 0.3 is 5.97 Å². The van der Waals surface area contributed by atoms with E-state index in [1.165, 1.54) is 12.7 Å². The Balaban J connectivity index is 1.83. The molecule has 0 bridgehead atoms. The lowest BCUT2D eigenvalue weighted by Crippen LogP contribution is -2.60. The van der Waals surface area contributed by atoms with Crippen molar-refractivity contribution in [3.05, 3.63) is 53.3 Å². The molecule has 0 amide bonds. The number of para-hydroxylation sites is 1. The van der Waals surface area contributed by atoms with Gasteiger partial charge in [0, 0.05) is 29.4 Å². The molecule has 3 heterocycles. The second-order valence-electron chi connectivity index (χ2n) is 8.11. The summed E-state index contributed by atoms with van der Waals surface area (Å²) in [7, 11) is 1.47. The Morgan fingerprint density at radius 1 is 1.44 bits per heavy atom. The first-order valence-electron chi connectivity index (χ1n) is 9.71. The number of carbonyl (C=O) groups excluding carboxylic acids is 1. The molecule has 0 aromatic heterocycles. The van der Waals surface area contributed by atoms with Gasteiger partial charge in [0.05, 0.1) is 24.1 Å². The third-order valence-corrected chi connectivity index (χ3v) is 7.26. The molecule has 4 aliphatic rings. The maximum absolute atomic E-state index is 12.8. The zero-order chi connectivity index (χ0) is 18.8. The van der Waals surface area contributed by atoms with Crippen molar-refractivity contribution in [2.45, 2.75) is 43.7 Å². The van der Waals surface area contributed by atoms with Gasteiger partial charge in [-0.15, -0.1) is 6.42 Å². The number of carbonyl (C=O) groups is 1. The zero-order valence-corrected chi connectivity index (χ0v) is 15.8. The summed E-state index contributed by atoms with van der Waals surface area (Å²) in [5.74, 6) is 2.74. The Hall–Kier alpha value is -2.51. The molecule has 1 aromatic rings. The van der Waals surface area contributed by atoms with E-state index in [0.717, 1.165) is 36.3 Å². The molecule has 3 aliphatic heterocycles. The second kappa shape index (κ2) is 5.50. The fourth-order valence-electron chi connectivity index (χ4n) is 6.17. The van der Waals surface area contributed by atoms with Crippen molar-refractivity contribution in [2.24, 2.45) is 5.41 Å². The molecule has 1 saturated heterocycles. The van der Waals surface area contributed by atoms with E-state index in [-0.39, 0.29) is 28.9 Å². The molecular formula is C23H24N2O2. The molecule has 138 valence electrons. The molecule has 1 N–H and O–H groups in total. The van der Waals surface area contributed by atoms with Crippen LogP contribution in [-0.4, -0.2) is 36.6 Å². The molecule has 0 saturated carbocycles. The van der Waals surface area contributed by atoms with Crippen LogP contribution in [-0.2, 0) is 14.9 Å². The van der Waals surface area contributed by atoms with Crippen LogP contribution in [0, 0.1) is 17.8 Å². The quantitative estimate of drug-likeness (QED) is 0.500. The number of hydrogen-bond donors (Lipinski definition) is 1. The lowest BCUT2D eigenvalue weighted by Gasteiger charge is -2.54. The van der Waals surface area contributed by atoms with E-state index in [4.69, 9.17) is 11.2 Å². The third-order valence-electron chi connectivity index (χ3n) is 7.26. The van der Waals surface area contributed by atoms with Crippen molar-refractivity contribution in [3.63, 3.8) is 0 Å². The normalized spacial score (nSPS) is 35.7. The fourth-order valence-corrected chi connectivity index (χ4v) is 6.17. The first kappa shape index (κ1) is 16.6. The monoisotopic (exact) mass is 360 g/mol. The molecule has 4 heteroatoms. The van der Waals surface area contributed by atoms with Gasteiger partial charge in [-0.2, -0.15) is 0 Å². The van der Waals surface area contributed by atoms with Gasteiger partial charge in [-0.05, 0) is 30.9 Å². The highest BCUT2D eigenvalue weighted by Gasteiger charge is 2.66. The maximum atomic E-state index is 12.8. The molecule has 0 radical (unpaired) electrons. The summed E-state index contributed by atoms with van der Waals surface area (Å²) in [4.78, 5) is 15.3. The van der Waals surface area contributed by atoms with Gasteiger partial charge in [0.2, 0.25) is 0 Å². The number of rotatable bonds is 2. The van der Waals surface area contributed by atoms with E-state index in [9.17, 15) is 4.79 Å². The molecule has 4 atom stereocenters. The smallest absolute Gasteiger partial charge is 0.335 e.